The zero-order chi connectivity index (χ0) is 17.6. The van der Waals surface area contributed by atoms with Crippen molar-refractivity contribution in [2.24, 2.45) is 17.3 Å². The molecule has 5 nitrogen and oxygen atoms in total. The van der Waals surface area contributed by atoms with Crippen LogP contribution in [0.25, 0.3) is 0 Å². The van der Waals surface area contributed by atoms with Gasteiger partial charge < -0.3 is 18.9 Å². The standard InChI is InChI=1S/C20H26O5/c1-4-22-15-7-5-6-12-10-13(11-24-16(12)15)19(21)25-18-14-8-9-23-17(14)20(18,2)3/h5-7,13-14,17-18H,4,8-11H2,1-3H3. The van der Waals surface area contributed by atoms with Crippen LogP contribution in [0.1, 0.15) is 32.8 Å². The molecule has 2 heterocycles. The van der Waals surface area contributed by atoms with Gasteiger partial charge in [0.2, 0.25) is 0 Å². The summed E-state index contributed by atoms with van der Waals surface area (Å²) in [6.07, 6.45) is 1.78. The Morgan fingerprint density at radius 1 is 1.36 bits per heavy atom. The smallest absolute Gasteiger partial charge is 0.313 e. The van der Waals surface area contributed by atoms with Gasteiger partial charge in [0.25, 0.3) is 0 Å². The summed E-state index contributed by atoms with van der Waals surface area (Å²) in [6, 6.07) is 5.83. The number of carbonyl (C=O) groups is 1. The molecule has 1 aromatic carbocycles. The lowest BCUT2D eigenvalue weighted by atomic mass is 9.59. The van der Waals surface area contributed by atoms with E-state index >= 15 is 0 Å². The Bertz CT molecular complexity index is 668. The summed E-state index contributed by atoms with van der Waals surface area (Å²) in [5.74, 6) is 1.44. The number of rotatable bonds is 4. The number of hydrogen-bond donors (Lipinski definition) is 0. The van der Waals surface area contributed by atoms with Crippen molar-refractivity contribution in [3.63, 3.8) is 0 Å². The molecule has 2 fully saturated rings. The van der Waals surface area contributed by atoms with Crippen LogP contribution in [0.2, 0.25) is 0 Å². The molecule has 0 bridgehead atoms. The second-order valence-electron chi connectivity index (χ2n) is 7.81. The van der Waals surface area contributed by atoms with Gasteiger partial charge in [-0.2, -0.15) is 0 Å². The number of hydrogen-bond acceptors (Lipinski definition) is 5. The van der Waals surface area contributed by atoms with Crippen molar-refractivity contribution >= 4 is 5.97 Å². The minimum absolute atomic E-state index is 0.0522. The van der Waals surface area contributed by atoms with E-state index in [1.54, 1.807) is 0 Å². The van der Waals surface area contributed by atoms with Crippen molar-refractivity contribution in [2.75, 3.05) is 19.8 Å². The maximum absolute atomic E-state index is 12.7. The number of esters is 1. The molecule has 0 spiro atoms. The second-order valence-corrected chi connectivity index (χ2v) is 7.81. The molecule has 1 saturated heterocycles. The van der Waals surface area contributed by atoms with Crippen LogP contribution in [-0.4, -0.2) is 38.0 Å². The van der Waals surface area contributed by atoms with Crippen molar-refractivity contribution in [3.8, 4) is 11.5 Å². The summed E-state index contributed by atoms with van der Waals surface area (Å²) in [5, 5.41) is 0. The molecule has 1 aliphatic carbocycles. The lowest BCUT2D eigenvalue weighted by molar-refractivity contribution is -0.213. The second kappa shape index (κ2) is 6.20. The zero-order valence-electron chi connectivity index (χ0n) is 15.1. The summed E-state index contributed by atoms with van der Waals surface area (Å²) < 4.78 is 23.2. The van der Waals surface area contributed by atoms with Crippen molar-refractivity contribution in [2.45, 2.75) is 45.8 Å². The molecule has 4 atom stereocenters. The normalized spacial score (nSPS) is 32.0. The Labute approximate surface area is 148 Å². The largest absolute Gasteiger partial charge is 0.490 e. The topological polar surface area (TPSA) is 54.0 Å². The van der Waals surface area contributed by atoms with Gasteiger partial charge in [0, 0.05) is 17.9 Å². The van der Waals surface area contributed by atoms with Crippen molar-refractivity contribution in [1.82, 2.24) is 0 Å². The third-order valence-corrected chi connectivity index (χ3v) is 5.82. The highest BCUT2D eigenvalue weighted by Gasteiger charge is 2.61. The molecule has 136 valence electrons. The summed E-state index contributed by atoms with van der Waals surface area (Å²) in [4.78, 5) is 12.7. The quantitative estimate of drug-likeness (QED) is 0.785. The highest BCUT2D eigenvalue weighted by Crippen LogP contribution is 2.54. The number of para-hydroxylation sites is 1. The summed E-state index contributed by atoms with van der Waals surface area (Å²) in [6.45, 7) is 7.90. The summed E-state index contributed by atoms with van der Waals surface area (Å²) >= 11 is 0. The Hall–Kier alpha value is -1.75. The van der Waals surface area contributed by atoms with Crippen molar-refractivity contribution in [1.29, 1.82) is 0 Å². The van der Waals surface area contributed by atoms with Gasteiger partial charge in [0.15, 0.2) is 11.5 Å². The molecule has 5 heteroatoms. The SMILES string of the molecule is CCOc1cccc2c1OCC(C(=O)OC1C3CCOC3C1(C)C)C2. The monoisotopic (exact) mass is 346 g/mol. The molecule has 1 saturated carbocycles. The van der Waals surface area contributed by atoms with Gasteiger partial charge in [0.05, 0.1) is 18.6 Å². The first-order chi connectivity index (χ1) is 12.0. The van der Waals surface area contributed by atoms with E-state index in [2.05, 4.69) is 13.8 Å². The lowest BCUT2D eigenvalue weighted by Gasteiger charge is -2.53. The number of benzene rings is 1. The first kappa shape index (κ1) is 16.7. The molecule has 4 rings (SSSR count). The minimum Gasteiger partial charge on any atom is -0.490 e. The van der Waals surface area contributed by atoms with Gasteiger partial charge in [-0.15, -0.1) is 0 Å². The average Bonchev–Trinajstić information content (AvgIpc) is 3.07. The molecule has 0 N–H and O–H groups in total. The Morgan fingerprint density at radius 3 is 3.00 bits per heavy atom. The molecule has 25 heavy (non-hydrogen) atoms. The molecule has 0 radical (unpaired) electrons. The fourth-order valence-electron chi connectivity index (χ4n) is 4.55. The van der Waals surface area contributed by atoms with Gasteiger partial charge in [-0.1, -0.05) is 26.0 Å². The molecule has 0 aromatic heterocycles. The molecular formula is C20H26O5. The van der Waals surface area contributed by atoms with E-state index in [1.807, 2.05) is 25.1 Å². The highest BCUT2D eigenvalue weighted by atomic mass is 16.6. The molecule has 2 aliphatic heterocycles. The predicted octanol–water partition coefficient (Wildman–Crippen LogP) is 2.99. The minimum atomic E-state index is -0.262. The van der Waals surface area contributed by atoms with Gasteiger partial charge in [0.1, 0.15) is 12.7 Å². The highest BCUT2D eigenvalue weighted by molar-refractivity contribution is 5.74. The predicted molar refractivity (Wildman–Crippen MR) is 91.8 cm³/mol. The number of carbonyl (C=O) groups excluding carboxylic acids is 1. The number of fused-ring (bicyclic) bond motifs is 2. The summed E-state index contributed by atoms with van der Waals surface area (Å²) in [5.41, 5.74) is 0.904. The maximum Gasteiger partial charge on any atom is 0.313 e. The van der Waals surface area contributed by atoms with E-state index in [9.17, 15) is 4.79 Å². The van der Waals surface area contributed by atoms with E-state index in [-0.39, 0.29) is 29.5 Å². The average molecular weight is 346 g/mol. The van der Waals surface area contributed by atoms with E-state index in [4.69, 9.17) is 18.9 Å². The van der Waals surface area contributed by atoms with E-state index in [0.717, 1.165) is 30.1 Å². The van der Waals surface area contributed by atoms with Crippen LogP contribution < -0.4 is 9.47 Å². The van der Waals surface area contributed by atoms with Crippen molar-refractivity contribution < 1.29 is 23.7 Å². The van der Waals surface area contributed by atoms with Crippen LogP contribution >= 0.6 is 0 Å². The lowest BCUT2D eigenvalue weighted by Crippen LogP contribution is -2.61. The first-order valence-electron chi connectivity index (χ1n) is 9.22. The molecule has 3 aliphatic rings. The van der Waals surface area contributed by atoms with Crippen LogP contribution in [0.4, 0.5) is 0 Å². The Kier molecular flexibility index (Phi) is 4.14. The molecule has 1 aromatic rings. The Morgan fingerprint density at radius 2 is 2.20 bits per heavy atom. The fourth-order valence-corrected chi connectivity index (χ4v) is 4.55. The van der Waals surface area contributed by atoms with Gasteiger partial charge >= 0.3 is 5.97 Å². The maximum atomic E-state index is 12.7. The molecule has 0 amide bonds. The van der Waals surface area contributed by atoms with Crippen molar-refractivity contribution in [3.05, 3.63) is 23.8 Å². The van der Waals surface area contributed by atoms with E-state index < -0.39 is 0 Å². The molecular weight excluding hydrogens is 320 g/mol. The van der Waals surface area contributed by atoms with E-state index in [0.29, 0.717) is 25.6 Å². The van der Waals surface area contributed by atoms with Gasteiger partial charge in [-0.25, -0.2) is 0 Å². The number of ether oxygens (including phenoxy) is 4. The van der Waals surface area contributed by atoms with E-state index in [1.165, 1.54) is 0 Å². The molecule has 4 unspecified atom stereocenters. The first-order valence-corrected chi connectivity index (χ1v) is 9.22. The van der Waals surface area contributed by atoms with Crippen LogP contribution in [0.5, 0.6) is 11.5 Å². The summed E-state index contributed by atoms with van der Waals surface area (Å²) in [7, 11) is 0. The van der Waals surface area contributed by atoms with Crippen LogP contribution in [0.3, 0.4) is 0 Å². The van der Waals surface area contributed by atoms with Crippen LogP contribution in [0.15, 0.2) is 18.2 Å². The fraction of sp³-hybridized carbons (Fsp3) is 0.650. The zero-order valence-corrected chi connectivity index (χ0v) is 15.1. The third kappa shape index (κ3) is 2.69. The van der Waals surface area contributed by atoms with Gasteiger partial charge in [-0.3, -0.25) is 4.79 Å². The van der Waals surface area contributed by atoms with Crippen LogP contribution in [-0.2, 0) is 20.7 Å². The van der Waals surface area contributed by atoms with Crippen LogP contribution in [0, 0.1) is 17.3 Å². The third-order valence-electron chi connectivity index (χ3n) is 5.82. The van der Waals surface area contributed by atoms with Gasteiger partial charge in [-0.05, 0) is 31.4 Å². The Balaban J connectivity index is 1.43.